The van der Waals surface area contributed by atoms with Crippen LogP contribution < -0.4 is 9.47 Å². The third-order valence-electron chi connectivity index (χ3n) is 3.52. The Morgan fingerprint density at radius 2 is 1.85 bits per heavy atom. The van der Waals surface area contributed by atoms with Crippen LogP contribution in [0.15, 0.2) is 43.0 Å². The molecule has 0 spiro atoms. The molecule has 27 heavy (non-hydrogen) atoms. The molecule has 0 radical (unpaired) electrons. The van der Waals surface area contributed by atoms with E-state index in [1.807, 2.05) is 0 Å². The van der Waals surface area contributed by atoms with Gasteiger partial charge in [-0.2, -0.15) is 0 Å². The molecule has 0 amide bonds. The lowest BCUT2D eigenvalue weighted by Gasteiger charge is -2.16. The highest BCUT2D eigenvalue weighted by molar-refractivity contribution is 5.77. The molecule has 0 bridgehead atoms. The molecular weight excluding hydrogens is 356 g/mol. The maximum Gasteiger partial charge on any atom is 0.318 e. The molecule has 2 aromatic rings. The number of benzene rings is 2. The molecular formula is C18H16N2O7. The zero-order valence-electron chi connectivity index (χ0n) is 14.4. The summed E-state index contributed by atoms with van der Waals surface area (Å²) < 4.78 is 11.2. The summed E-state index contributed by atoms with van der Waals surface area (Å²) in [5, 5.41) is 22.2. The first kappa shape index (κ1) is 19.6. The third kappa shape index (κ3) is 4.46. The first-order valence-corrected chi connectivity index (χ1v) is 7.87. The molecule has 9 heteroatoms. The Bertz CT molecular complexity index is 909. The van der Waals surface area contributed by atoms with Gasteiger partial charge in [-0.25, -0.2) is 0 Å². The van der Waals surface area contributed by atoms with Crippen LogP contribution in [0.2, 0.25) is 0 Å². The zero-order valence-corrected chi connectivity index (χ0v) is 14.4. The van der Waals surface area contributed by atoms with Crippen LogP contribution in [0.3, 0.4) is 0 Å². The van der Waals surface area contributed by atoms with Crippen molar-refractivity contribution in [2.75, 3.05) is 6.61 Å². The number of aldehydes is 1. The predicted molar refractivity (Wildman–Crippen MR) is 96.7 cm³/mol. The smallest absolute Gasteiger partial charge is 0.318 e. The molecule has 0 unspecified atom stereocenters. The van der Waals surface area contributed by atoms with Gasteiger partial charge >= 0.3 is 5.69 Å². The molecule has 0 aromatic heterocycles. The average Bonchev–Trinajstić information content (AvgIpc) is 2.64. The molecule has 2 rings (SSSR count). The second kappa shape index (κ2) is 8.56. The van der Waals surface area contributed by atoms with E-state index in [1.165, 1.54) is 6.07 Å². The average molecular weight is 372 g/mol. The van der Waals surface area contributed by atoms with Gasteiger partial charge in [-0.1, -0.05) is 6.08 Å². The van der Waals surface area contributed by atoms with Crippen molar-refractivity contribution in [3.05, 3.63) is 74.3 Å². The number of carbonyl (C=O) groups is 1. The predicted octanol–water partition coefficient (Wildman–Crippen LogP) is 4.24. The molecule has 0 fully saturated rings. The Labute approximate surface area is 154 Å². The van der Waals surface area contributed by atoms with Crippen LogP contribution in [0.5, 0.6) is 17.2 Å². The van der Waals surface area contributed by atoms with E-state index < -0.39 is 21.2 Å². The maximum absolute atomic E-state index is 11.3. The van der Waals surface area contributed by atoms with E-state index in [-0.39, 0.29) is 23.9 Å². The fraction of sp³-hybridized carbons (Fsp3) is 0.167. The van der Waals surface area contributed by atoms with Crippen molar-refractivity contribution in [3.63, 3.8) is 0 Å². The monoisotopic (exact) mass is 372 g/mol. The van der Waals surface area contributed by atoms with Crippen LogP contribution in [-0.2, 0) is 6.42 Å². The second-order valence-corrected chi connectivity index (χ2v) is 5.32. The summed E-state index contributed by atoms with van der Waals surface area (Å²) in [5.41, 5.74) is -0.107. The van der Waals surface area contributed by atoms with Gasteiger partial charge in [-0.05, 0) is 31.5 Å². The lowest BCUT2D eigenvalue weighted by atomic mass is 10.1. The summed E-state index contributed by atoms with van der Waals surface area (Å²) in [6.45, 7) is 5.65. The van der Waals surface area contributed by atoms with Crippen molar-refractivity contribution in [2.24, 2.45) is 0 Å². The topological polar surface area (TPSA) is 122 Å². The number of nitrogens with zero attached hydrogens (tertiary/aromatic N) is 2. The van der Waals surface area contributed by atoms with Crippen LogP contribution in [0.4, 0.5) is 11.4 Å². The fourth-order valence-corrected chi connectivity index (χ4v) is 2.40. The summed E-state index contributed by atoms with van der Waals surface area (Å²) >= 11 is 0. The molecule has 0 heterocycles. The molecule has 0 saturated heterocycles. The molecule has 140 valence electrons. The second-order valence-electron chi connectivity index (χ2n) is 5.32. The molecule has 2 aromatic carbocycles. The lowest BCUT2D eigenvalue weighted by Crippen LogP contribution is -2.02. The van der Waals surface area contributed by atoms with Gasteiger partial charge in [0.1, 0.15) is 6.29 Å². The zero-order chi connectivity index (χ0) is 20.0. The lowest BCUT2D eigenvalue weighted by molar-refractivity contribution is -0.394. The molecule has 0 saturated carbocycles. The van der Waals surface area contributed by atoms with E-state index in [2.05, 4.69) is 6.58 Å². The van der Waals surface area contributed by atoms with Gasteiger partial charge in [-0.15, -0.1) is 6.58 Å². The molecule has 0 aliphatic heterocycles. The van der Waals surface area contributed by atoms with E-state index >= 15 is 0 Å². The minimum Gasteiger partial charge on any atom is -0.490 e. The Kier molecular flexibility index (Phi) is 6.21. The first-order chi connectivity index (χ1) is 12.9. The highest BCUT2D eigenvalue weighted by Crippen LogP contribution is 2.41. The minimum absolute atomic E-state index is 0.180. The number of rotatable bonds is 9. The normalized spacial score (nSPS) is 10.1. The highest BCUT2D eigenvalue weighted by Gasteiger charge is 2.23. The highest BCUT2D eigenvalue weighted by atomic mass is 16.6. The molecule has 0 N–H and O–H groups in total. The van der Waals surface area contributed by atoms with E-state index in [4.69, 9.17) is 9.47 Å². The van der Waals surface area contributed by atoms with Crippen molar-refractivity contribution < 1.29 is 24.1 Å². The molecule has 0 atom stereocenters. The van der Waals surface area contributed by atoms with Crippen molar-refractivity contribution in [2.45, 2.75) is 13.3 Å². The summed E-state index contributed by atoms with van der Waals surface area (Å²) in [6, 6.07) is 6.09. The van der Waals surface area contributed by atoms with Crippen LogP contribution in [0.1, 0.15) is 22.8 Å². The Morgan fingerprint density at radius 1 is 1.11 bits per heavy atom. The summed E-state index contributed by atoms with van der Waals surface area (Å²) in [6.07, 6.45) is 2.54. The number of nitro groups is 2. The van der Waals surface area contributed by atoms with E-state index in [0.29, 0.717) is 23.8 Å². The number of allylic oxidation sites excluding steroid dienone is 1. The first-order valence-electron chi connectivity index (χ1n) is 7.87. The number of hydrogen-bond acceptors (Lipinski definition) is 7. The Balaban J connectivity index is 2.61. The quantitative estimate of drug-likeness (QED) is 0.279. The van der Waals surface area contributed by atoms with Crippen molar-refractivity contribution in [3.8, 4) is 17.2 Å². The Morgan fingerprint density at radius 3 is 2.41 bits per heavy atom. The largest absolute Gasteiger partial charge is 0.490 e. The molecule has 0 aliphatic carbocycles. The SMILES string of the molecule is C=CCc1cc(C=O)cc(OCC)c1Oc1ccc([N+](=O)[O-])cc1[N+](=O)[O-]. The van der Waals surface area contributed by atoms with Crippen LogP contribution in [-0.4, -0.2) is 22.7 Å². The van der Waals surface area contributed by atoms with Crippen molar-refractivity contribution >= 4 is 17.7 Å². The summed E-state index contributed by atoms with van der Waals surface area (Å²) in [5.74, 6) is 0.224. The summed E-state index contributed by atoms with van der Waals surface area (Å²) in [4.78, 5) is 31.8. The van der Waals surface area contributed by atoms with Crippen LogP contribution in [0.25, 0.3) is 0 Å². The number of carbonyl (C=O) groups excluding carboxylic acids is 1. The van der Waals surface area contributed by atoms with Gasteiger partial charge in [0.2, 0.25) is 5.75 Å². The number of non-ortho nitro benzene ring substituents is 1. The van der Waals surface area contributed by atoms with Gasteiger partial charge in [0.05, 0.1) is 22.5 Å². The van der Waals surface area contributed by atoms with Gasteiger partial charge in [0.15, 0.2) is 11.5 Å². The standard InChI is InChI=1S/C18H16N2O7/c1-3-5-13-8-12(11-21)9-17(26-4-2)18(13)27-16-7-6-14(19(22)23)10-15(16)20(24)25/h3,6-11H,1,4-5H2,2H3. The van der Waals surface area contributed by atoms with Gasteiger partial charge in [-0.3, -0.25) is 25.0 Å². The number of nitro benzene ring substituents is 2. The van der Waals surface area contributed by atoms with Crippen LogP contribution >= 0.6 is 0 Å². The van der Waals surface area contributed by atoms with Crippen molar-refractivity contribution in [1.82, 2.24) is 0 Å². The summed E-state index contributed by atoms with van der Waals surface area (Å²) in [7, 11) is 0. The van der Waals surface area contributed by atoms with E-state index in [0.717, 1.165) is 18.2 Å². The number of hydrogen-bond donors (Lipinski definition) is 0. The third-order valence-corrected chi connectivity index (χ3v) is 3.52. The van der Waals surface area contributed by atoms with Crippen LogP contribution in [0, 0.1) is 20.2 Å². The molecule has 9 nitrogen and oxygen atoms in total. The number of ether oxygens (including phenoxy) is 2. The fourth-order valence-electron chi connectivity index (χ4n) is 2.40. The van der Waals surface area contributed by atoms with Gasteiger partial charge in [0.25, 0.3) is 5.69 Å². The van der Waals surface area contributed by atoms with Crippen molar-refractivity contribution in [1.29, 1.82) is 0 Å². The molecule has 0 aliphatic rings. The van der Waals surface area contributed by atoms with Gasteiger partial charge < -0.3 is 9.47 Å². The van der Waals surface area contributed by atoms with Gasteiger partial charge in [0, 0.05) is 17.2 Å². The van der Waals surface area contributed by atoms with E-state index in [1.54, 1.807) is 19.1 Å². The van der Waals surface area contributed by atoms with E-state index in [9.17, 15) is 25.0 Å². The minimum atomic E-state index is -0.768. The maximum atomic E-state index is 11.3. The Hall–Kier alpha value is -3.75.